The van der Waals surface area contributed by atoms with Gasteiger partial charge in [0.2, 0.25) is 0 Å². The smallest absolute Gasteiger partial charge is 0.256 e. The van der Waals surface area contributed by atoms with Crippen molar-refractivity contribution in [3.63, 3.8) is 0 Å². The molecule has 162 valence electrons. The zero-order valence-corrected chi connectivity index (χ0v) is 21.5. The number of ether oxygens (including phenoxy) is 1. The van der Waals surface area contributed by atoms with E-state index in [1.165, 1.54) is 17.6 Å². The molecule has 2 atom stereocenters. The molecule has 1 aliphatic carbocycles. The SMILES string of the molecule is CCC(C)(C)[C@@H]1CCc2c(sc3c2C(=O)N[C@@H](c2c(O)c(OC)cc(Br)c2Br)N3)C1. The molecule has 0 spiro atoms. The second-order valence-corrected chi connectivity index (χ2v) is 11.4. The van der Waals surface area contributed by atoms with Gasteiger partial charge in [-0.25, -0.2) is 0 Å². The molecule has 5 nitrogen and oxygen atoms in total. The van der Waals surface area contributed by atoms with E-state index < -0.39 is 6.17 Å². The third-order valence-corrected chi connectivity index (χ3v) is 9.96. The van der Waals surface area contributed by atoms with E-state index in [9.17, 15) is 9.90 Å². The fraction of sp³-hybridized carbons (Fsp3) is 0.500. The minimum atomic E-state index is -0.561. The minimum Gasteiger partial charge on any atom is -0.504 e. The molecule has 0 radical (unpaired) electrons. The zero-order valence-electron chi connectivity index (χ0n) is 17.5. The largest absolute Gasteiger partial charge is 0.504 e. The van der Waals surface area contributed by atoms with Gasteiger partial charge in [-0.15, -0.1) is 11.3 Å². The Morgan fingerprint density at radius 2 is 2.07 bits per heavy atom. The average molecular weight is 558 g/mol. The molecule has 3 N–H and O–H groups in total. The number of carbonyl (C=O) groups excluding carboxylic acids is 1. The van der Waals surface area contributed by atoms with Gasteiger partial charge in [0.05, 0.1) is 18.2 Å². The highest BCUT2D eigenvalue weighted by Gasteiger charge is 2.38. The molecule has 1 amide bonds. The van der Waals surface area contributed by atoms with E-state index in [-0.39, 0.29) is 11.7 Å². The molecule has 0 saturated heterocycles. The Balaban J connectivity index is 1.70. The first-order chi connectivity index (χ1) is 14.2. The predicted octanol–water partition coefficient (Wildman–Crippen LogP) is 6.38. The van der Waals surface area contributed by atoms with Gasteiger partial charge in [0.15, 0.2) is 11.5 Å². The number of anilines is 1. The Hall–Kier alpha value is -1.25. The summed E-state index contributed by atoms with van der Waals surface area (Å²) < 4.78 is 6.70. The third kappa shape index (κ3) is 3.54. The fourth-order valence-electron chi connectivity index (χ4n) is 4.43. The van der Waals surface area contributed by atoms with Crippen molar-refractivity contribution in [3.05, 3.63) is 36.6 Å². The second kappa shape index (κ2) is 8.02. The fourth-order valence-corrected chi connectivity index (χ4v) is 6.74. The van der Waals surface area contributed by atoms with Crippen LogP contribution in [0.2, 0.25) is 0 Å². The molecule has 4 rings (SSSR count). The van der Waals surface area contributed by atoms with Gasteiger partial charge in [-0.05, 0) is 74.1 Å². The van der Waals surface area contributed by atoms with Crippen LogP contribution < -0.4 is 15.4 Å². The van der Waals surface area contributed by atoms with Crippen molar-refractivity contribution in [1.29, 1.82) is 0 Å². The normalized spacial score (nSPS) is 20.8. The average Bonchev–Trinajstić information content (AvgIpc) is 3.09. The lowest BCUT2D eigenvalue weighted by atomic mass is 9.69. The summed E-state index contributed by atoms with van der Waals surface area (Å²) in [7, 11) is 1.51. The first kappa shape index (κ1) is 22.0. The van der Waals surface area contributed by atoms with Gasteiger partial charge in [-0.1, -0.05) is 27.2 Å². The maximum absolute atomic E-state index is 13.1. The molecule has 2 heterocycles. The summed E-state index contributed by atoms with van der Waals surface area (Å²) in [4.78, 5) is 14.4. The van der Waals surface area contributed by atoms with E-state index in [1.807, 2.05) is 0 Å². The van der Waals surface area contributed by atoms with Gasteiger partial charge < -0.3 is 20.5 Å². The maximum Gasteiger partial charge on any atom is 0.256 e. The summed E-state index contributed by atoms with van der Waals surface area (Å²) >= 11 is 8.71. The number of aromatic hydroxyl groups is 1. The van der Waals surface area contributed by atoms with Crippen LogP contribution >= 0.6 is 43.2 Å². The van der Waals surface area contributed by atoms with E-state index in [4.69, 9.17) is 4.74 Å². The predicted molar refractivity (Wildman–Crippen MR) is 128 cm³/mol. The number of nitrogens with one attached hydrogen (secondary N) is 2. The van der Waals surface area contributed by atoms with Gasteiger partial charge in [0, 0.05) is 13.8 Å². The van der Waals surface area contributed by atoms with Crippen LogP contribution in [0.1, 0.15) is 66.1 Å². The summed E-state index contributed by atoms with van der Waals surface area (Å²) in [5, 5.41) is 18.1. The zero-order chi connectivity index (χ0) is 21.8. The van der Waals surface area contributed by atoms with Gasteiger partial charge in [0.25, 0.3) is 5.91 Å². The number of thiophene rings is 1. The quantitative estimate of drug-likeness (QED) is 0.408. The summed E-state index contributed by atoms with van der Waals surface area (Å²) in [5.41, 5.74) is 2.80. The number of hydrogen-bond donors (Lipinski definition) is 3. The number of rotatable bonds is 4. The van der Waals surface area contributed by atoms with Crippen molar-refractivity contribution in [2.75, 3.05) is 12.4 Å². The Morgan fingerprint density at radius 1 is 1.33 bits per heavy atom. The standard InChI is InChI=1S/C22H26Br2N2O3S/c1-5-22(2,3)10-6-7-11-14(8-10)30-21-15(11)20(28)25-19(26-21)16-17(24)12(23)9-13(29-4)18(16)27/h9-10,19,26-27H,5-8H2,1-4H3,(H,25,28)/t10-,19-/m1/s1. The van der Waals surface area contributed by atoms with Crippen molar-refractivity contribution >= 4 is 54.1 Å². The first-order valence-electron chi connectivity index (χ1n) is 10.1. The number of hydrogen-bond acceptors (Lipinski definition) is 5. The van der Waals surface area contributed by atoms with Gasteiger partial charge in [-0.3, -0.25) is 4.79 Å². The highest BCUT2D eigenvalue weighted by Crippen LogP contribution is 2.49. The van der Waals surface area contributed by atoms with Crippen LogP contribution in [-0.2, 0) is 12.8 Å². The molecular weight excluding hydrogens is 532 g/mol. The number of carbonyl (C=O) groups is 1. The summed E-state index contributed by atoms with van der Waals surface area (Å²) in [6, 6.07) is 1.69. The first-order valence-corrected chi connectivity index (χ1v) is 12.5. The Kier molecular flexibility index (Phi) is 5.87. The second-order valence-electron chi connectivity index (χ2n) is 8.68. The highest BCUT2D eigenvalue weighted by atomic mass is 79.9. The number of fused-ring (bicyclic) bond motifs is 3. The lowest BCUT2D eigenvalue weighted by molar-refractivity contribution is 0.0934. The van der Waals surface area contributed by atoms with E-state index in [0.29, 0.717) is 27.1 Å². The number of halogens is 2. The molecule has 1 aliphatic heterocycles. The lowest BCUT2D eigenvalue weighted by Crippen LogP contribution is -2.38. The summed E-state index contributed by atoms with van der Waals surface area (Å²) in [6.07, 6.45) is 3.66. The number of phenolic OH excluding ortho intramolecular Hbond substituents is 1. The van der Waals surface area contributed by atoms with Crippen LogP contribution in [0.4, 0.5) is 5.00 Å². The van der Waals surface area contributed by atoms with Gasteiger partial charge in [0.1, 0.15) is 11.2 Å². The van der Waals surface area contributed by atoms with Crippen LogP contribution in [0.15, 0.2) is 15.0 Å². The summed E-state index contributed by atoms with van der Waals surface area (Å²) in [6.45, 7) is 6.95. The van der Waals surface area contributed by atoms with E-state index in [2.05, 4.69) is 63.3 Å². The van der Waals surface area contributed by atoms with Crippen molar-refractivity contribution in [1.82, 2.24) is 5.32 Å². The molecule has 30 heavy (non-hydrogen) atoms. The molecule has 0 unspecified atom stereocenters. The molecule has 0 fully saturated rings. The molecule has 8 heteroatoms. The van der Waals surface area contributed by atoms with Crippen molar-refractivity contribution < 1.29 is 14.6 Å². The maximum atomic E-state index is 13.1. The van der Waals surface area contributed by atoms with Crippen LogP contribution in [0, 0.1) is 11.3 Å². The molecule has 1 aromatic carbocycles. The van der Waals surface area contributed by atoms with E-state index in [0.717, 1.165) is 40.7 Å². The van der Waals surface area contributed by atoms with Crippen molar-refractivity contribution in [2.45, 2.75) is 52.6 Å². The molecular formula is C22H26Br2N2O3S. The van der Waals surface area contributed by atoms with Crippen LogP contribution in [0.3, 0.4) is 0 Å². The number of amides is 1. The molecule has 0 bridgehead atoms. The third-order valence-electron chi connectivity index (χ3n) is 6.76. The van der Waals surface area contributed by atoms with E-state index in [1.54, 1.807) is 17.4 Å². The van der Waals surface area contributed by atoms with Crippen LogP contribution in [0.5, 0.6) is 11.5 Å². The van der Waals surface area contributed by atoms with Crippen LogP contribution in [-0.4, -0.2) is 18.1 Å². The number of benzene rings is 1. The van der Waals surface area contributed by atoms with Gasteiger partial charge in [-0.2, -0.15) is 0 Å². The molecule has 2 aliphatic rings. The van der Waals surface area contributed by atoms with Crippen molar-refractivity contribution in [2.24, 2.45) is 11.3 Å². The number of methoxy groups -OCH3 is 1. The lowest BCUT2D eigenvalue weighted by Gasteiger charge is -2.36. The van der Waals surface area contributed by atoms with Crippen LogP contribution in [0.25, 0.3) is 0 Å². The topological polar surface area (TPSA) is 70.6 Å². The summed E-state index contributed by atoms with van der Waals surface area (Å²) in [5.74, 6) is 0.878. The van der Waals surface area contributed by atoms with Gasteiger partial charge >= 0.3 is 0 Å². The molecule has 2 aromatic rings. The van der Waals surface area contributed by atoms with E-state index >= 15 is 0 Å². The Labute approximate surface area is 197 Å². The highest BCUT2D eigenvalue weighted by molar-refractivity contribution is 9.13. The minimum absolute atomic E-state index is 0.0000890. The number of phenols is 1. The molecule has 1 aromatic heterocycles. The van der Waals surface area contributed by atoms with Crippen molar-refractivity contribution in [3.8, 4) is 11.5 Å². The monoisotopic (exact) mass is 556 g/mol. The molecule has 0 saturated carbocycles. The Bertz CT molecular complexity index is 1020. The Morgan fingerprint density at radius 3 is 2.73 bits per heavy atom.